The van der Waals surface area contributed by atoms with Crippen molar-refractivity contribution in [3.63, 3.8) is 0 Å². The maximum Gasteiger partial charge on any atom is 0.251 e. The van der Waals surface area contributed by atoms with Crippen LogP contribution in [0.25, 0.3) is 10.2 Å². The molecule has 1 aromatic heterocycles. The number of ether oxygens (including phenoxy) is 1. The summed E-state index contributed by atoms with van der Waals surface area (Å²) in [5.74, 6) is -0.0783. The molecule has 0 radical (unpaired) electrons. The number of rotatable bonds is 5. The summed E-state index contributed by atoms with van der Waals surface area (Å²) in [6, 6.07) is 4.65. The van der Waals surface area contributed by atoms with Gasteiger partial charge < -0.3 is 9.30 Å². The third-order valence-electron chi connectivity index (χ3n) is 3.63. The van der Waals surface area contributed by atoms with E-state index in [2.05, 4.69) is 4.99 Å². The standard InChI is InChI=1S/C14H17N3O4S2/c1-21-7-6-17-11-5-4-10(23(15,19)20)8-12(11)22-14(17)16-13(18)9-2-3-9/h4-5,8-9H,2-3,6-7H2,1H3,(H2,15,19,20). The Labute approximate surface area is 137 Å². The molecule has 7 nitrogen and oxygen atoms in total. The lowest BCUT2D eigenvalue weighted by atomic mass is 10.3. The molecule has 0 aliphatic heterocycles. The number of aromatic nitrogens is 1. The van der Waals surface area contributed by atoms with E-state index in [1.54, 1.807) is 13.2 Å². The molecule has 1 aliphatic carbocycles. The normalized spacial score (nSPS) is 16.2. The van der Waals surface area contributed by atoms with E-state index in [1.807, 2.05) is 4.57 Å². The Morgan fingerprint density at radius 2 is 2.22 bits per heavy atom. The highest BCUT2D eigenvalue weighted by Crippen LogP contribution is 2.30. The summed E-state index contributed by atoms with van der Waals surface area (Å²) in [7, 11) is -2.17. The molecule has 124 valence electrons. The molecule has 0 spiro atoms. The summed E-state index contributed by atoms with van der Waals surface area (Å²) < 4.78 is 30.7. The third kappa shape index (κ3) is 3.52. The molecular formula is C14H17N3O4S2. The van der Waals surface area contributed by atoms with Crippen LogP contribution in [0.3, 0.4) is 0 Å². The van der Waals surface area contributed by atoms with Gasteiger partial charge in [0.15, 0.2) is 4.80 Å². The number of primary sulfonamides is 1. The van der Waals surface area contributed by atoms with Gasteiger partial charge in [-0.2, -0.15) is 4.99 Å². The summed E-state index contributed by atoms with van der Waals surface area (Å²) >= 11 is 1.28. The third-order valence-corrected chi connectivity index (χ3v) is 5.59. The van der Waals surface area contributed by atoms with Crippen molar-refractivity contribution >= 4 is 37.5 Å². The summed E-state index contributed by atoms with van der Waals surface area (Å²) in [6.07, 6.45) is 1.78. The second kappa shape index (κ2) is 6.16. The maximum absolute atomic E-state index is 12.0. The van der Waals surface area contributed by atoms with E-state index >= 15 is 0 Å². The van der Waals surface area contributed by atoms with Crippen LogP contribution in [0.15, 0.2) is 28.1 Å². The Morgan fingerprint density at radius 1 is 1.48 bits per heavy atom. The number of methoxy groups -OCH3 is 1. The molecule has 23 heavy (non-hydrogen) atoms. The minimum absolute atomic E-state index is 0.0380. The van der Waals surface area contributed by atoms with E-state index in [4.69, 9.17) is 9.88 Å². The van der Waals surface area contributed by atoms with Gasteiger partial charge in [-0.25, -0.2) is 13.6 Å². The van der Waals surface area contributed by atoms with Crippen LogP contribution in [0.4, 0.5) is 0 Å². The van der Waals surface area contributed by atoms with Crippen LogP contribution >= 0.6 is 11.3 Å². The van der Waals surface area contributed by atoms with Gasteiger partial charge >= 0.3 is 0 Å². The maximum atomic E-state index is 12.0. The number of nitrogens with two attached hydrogens (primary N) is 1. The molecule has 1 amide bonds. The molecule has 1 aromatic carbocycles. The number of carbonyl (C=O) groups excluding carboxylic acids is 1. The van der Waals surface area contributed by atoms with Crippen molar-refractivity contribution in [3.8, 4) is 0 Å². The second-order valence-corrected chi connectivity index (χ2v) is 8.00. The SMILES string of the molecule is COCCn1c(=NC(=O)C2CC2)sc2cc(S(N)(=O)=O)ccc21. The van der Waals surface area contributed by atoms with E-state index in [0.717, 1.165) is 23.1 Å². The number of nitrogens with zero attached hydrogens (tertiary/aromatic N) is 2. The second-order valence-electron chi connectivity index (χ2n) is 5.43. The van der Waals surface area contributed by atoms with Crippen LogP contribution in [0, 0.1) is 5.92 Å². The minimum Gasteiger partial charge on any atom is -0.383 e. The van der Waals surface area contributed by atoms with Gasteiger partial charge in [0.2, 0.25) is 10.0 Å². The number of hydrogen-bond donors (Lipinski definition) is 1. The van der Waals surface area contributed by atoms with Gasteiger partial charge in [-0.3, -0.25) is 4.79 Å². The monoisotopic (exact) mass is 355 g/mol. The minimum atomic E-state index is -3.77. The molecule has 9 heteroatoms. The smallest absolute Gasteiger partial charge is 0.251 e. The first-order valence-electron chi connectivity index (χ1n) is 7.14. The first kappa shape index (κ1) is 16.3. The van der Waals surface area contributed by atoms with Gasteiger partial charge in [-0.1, -0.05) is 11.3 Å². The van der Waals surface area contributed by atoms with Gasteiger partial charge in [-0.15, -0.1) is 0 Å². The topological polar surface area (TPSA) is 104 Å². The predicted molar refractivity (Wildman–Crippen MR) is 86.4 cm³/mol. The molecule has 1 aliphatic rings. The highest BCUT2D eigenvalue weighted by molar-refractivity contribution is 7.89. The highest BCUT2D eigenvalue weighted by atomic mass is 32.2. The number of amides is 1. The van der Waals surface area contributed by atoms with Crippen LogP contribution in [0.1, 0.15) is 12.8 Å². The molecule has 2 N–H and O–H groups in total. The van der Waals surface area contributed by atoms with Crippen molar-refractivity contribution in [3.05, 3.63) is 23.0 Å². The fourth-order valence-corrected chi connectivity index (χ4v) is 3.95. The summed E-state index contributed by atoms with van der Waals surface area (Å²) in [5, 5.41) is 5.17. The molecule has 0 bridgehead atoms. The average molecular weight is 355 g/mol. The van der Waals surface area contributed by atoms with Gasteiger partial charge in [0.25, 0.3) is 5.91 Å². The molecule has 0 unspecified atom stereocenters. The molecular weight excluding hydrogens is 338 g/mol. The van der Waals surface area contributed by atoms with Gasteiger partial charge in [0, 0.05) is 19.6 Å². The Kier molecular flexibility index (Phi) is 4.37. The molecule has 0 saturated heterocycles. The lowest BCUT2D eigenvalue weighted by Gasteiger charge is -2.04. The van der Waals surface area contributed by atoms with Crippen molar-refractivity contribution in [2.45, 2.75) is 24.3 Å². The summed E-state index contributed by atoms with van der Waals surface area (Å²) in [5.41, 5.74) is 0.807. The van der Waals surface area contributed by atoms with Crippen molar-refractivity contribution in [1.29, 1.82) is 0 Å². The first-order valence-corrected chi connectivity index (χ1v) is 9.50. The Balaban J connectivity index is 2.15. The molecule has 1 fully saturated rings. The van der Waals surface area contributed by atoms with Crippen molar-refractivity contribution < 1.29 is 17.9 Å². The van der Waals surface area contributed by atoms with E-state index in [0.29, 0.717) is 18.0 Å². The largest absolute Gasteiger partial charge is 0.383 e. The molecule has 1 heterocycles. The van der Waals surface area contributed by atoms with Crippen LogP contribution < -0.4 is 9.94 Å². The summed E-state index contributed by atoms with van der Waals surface area (Å²) in [4.78, 5) is 16.8. The van der Waals surface area contributed by atoms with Crippen molar-refractivity contribution in [2.24, 2.45) is 16.0 Å². The number of benzene rings is 1. The number of thiazole rings is 1. The van der Waals surface area contributed by atoms with E-state index < -0.39 is 10.0 Å². The summed E-state index contributed by atoms with van der Waals surface area (Å²) in [6.45, 7) is 0.996. The average Bonchev–Trinajstić information content (AvgIpc) is 3.27. The van der Waals surface area contributed by atoms with Crippen LogP contribution in [0.5, 0.6) is 0 Å². The van der Waals surface area contributed by atoms with E-state index in [1.165, 1.54) is 23.5 Å². The molecule has 3 rings (SSSR count). The molecule has 0 atom stereocenters. The molecule has 2 aromatic rings. The Morgan fingerprint density at radius 3 is 2.83 bits per heavy atom. The van der Waals surface area contributed by atoms with Crippen LogP contribution in [-0.4, -0.2) is 32.6 Å². The Hall–Kier alpha value is -1.55. The zero-order valence-corrected chi connectivity index (χ0v) is 14.2. The van der Waals surface area contributed by atoms with Gasteiger partial charge in [0.1, 0.15) is 0 Å². The van der Waals surface area contributed by atoms with E-state index in [-0.39, 0.29) is 16.7 Å². The quantitative estimate of drug-likeness (QED) is 0.858. The van der Waals surface area contributed by atoms with Crippen molar-refractivity contribution in [1.82, 2.24) is 4.57 Å². The number of fused-ring (bicyclic) bond motifs is 1. The first-order chi connectivity index (χ1) is 10.9. The van der Waals surface area contributed by atoms with Gasteiger partial charge in [0.05, 0.1) is 21.7 Å². The number of carbonyl (C=O) groups is 1. The molecule has 1 saturated carbocycles. The zero-order chi connectivity index (χ0) is 16.6. The lowest BCUT2D eigenvalue weighted by molar-refractivity contribution is -0.119. The Bertz CT molecular complexity index is 923. The van der Waals surface area contributed by atoms with Crippen molar-refractivity contribution in [2.75, 3.05) is 13.7 Å². The van der Waals surface area contributed by atoms with Crippen LogP contribution in [0.2, 0.25) is 0 Å². The highest BCUT2D eigenvalue weighted by Gasteiger charge is 2.29. The fraction of sp³-hybridized carbons (Fsp3) is 0.429. The fourth-order valence-electron chi connectivity index (χ4n) is 2.23. The van der Waals surface area contributed by atoms with Crippen LogP contribution in [-0.2, 0) is 26.1 Å². The number of hydrogen-bond acceptors (Lipinski definition) is 5. The lowest BCUT2D eigenvalue weighted by Crippen LogP contribution is -2.19. The zero-order valence-electron chi connectivity index (χ0n) is 12.6. The van der Waals surface area contributed by atoms with E-state index in [9.17, 15) is 13.2 Å². The number of sulfonamides is 1. The van der Waals surface area contributed by atoms with Gasteiger partial charge in [-0.05, 0) is 31.0 Å². The predicted octanol–water partition coefficient (Wildman–Crippen LogP) is 0.834.